The summed E-state index contributed by atoms with van der Waals surface area (Å²) in [7, 11) is 0. The van der Waals surface area contributed by atoms with E-state index in [0.29, 0.717) is 11.4 Å². The molecule has 2 rings (SSSR count). The highest BCUT2D eigenvalue weighted by molar-refractivity contribution is 7.98. The highest BCUT2D eigenvalue weighted by Crippen LogP contribution is 2.26. The Morgan fingerprint density at radius 2 is 1.76 bits per heavy atom. The predicted molar refractivity (Wildman–Crippen MR) is 83.4 cm³/mol. The smallest absolute Gasteiger partial charge is 0.164 e. The van der Waals surface area contributed by atoms with Crippen LogP contribution in [0.4, 0.5) is 0 Å². The zero-order valence-corrected chi connectivity index (χ0v) is 13.2. The van der Waals surface area contributed by atoms with Crippen molar-refractivity contribution in [2.24, 2.45) is 0 Å². The van der Waals surface area contributed by atoms with E-state index in [0.717, 1.165) is 27.6 Å². The van der Waals surface area contributed by atoms with E-state index in [1.54, 1.807) is 6.92 Å². The van der Waals surface area contributed by atoms with Gasteiger partial charge in [-0.3, -0.25) is 4.79 Å². The summed E-state index contributed by atoms with van der Waals surface area (Å²) in [5.74, 6) is 1.39. The molecule has 0 radical (unpaired) electrons. The number of aliphatic hydroxyl groups excluding tert-OH is 1. The van der Waals surface area contributed by atoms with Gasteiger partial charge < -0.3 is 5.11 Å². The molecule has 0 saturated carbocycles. The summed E-state index contributed by atoms with van der Waals surface area (Å²) in [5.41, 5.74) is 3.35. The van der Waals surface area contributed by atoms with Crippen LogP contribution in [0.15, 0.2) is 29.3 Å². The van der Waals surface area contributed by atoms with Crippen LogP contribution in [-0.2, 0) is 12.4 Å². The average Bonchev–Trinajstić information content (AvgIpc) is 2.44. The van der Waals surface area contributed by atoms with Crippen LogP contribution < -0.4 is 0 Å². The van der Waals surface area contributed by atoms with Gasteiger partial charge in [0, 0.05) is 5.75 Å². The highest BCUT2D eigenvalue weighted by atomic mass is 32.2. The SMILES string of the molecule is CC(=O)c1c(C)nc(C)nc1SCc1ccc(CO)cc1. The molecule has 0 bridgehead atoms. The lowest BCUT2D eigenvalue weighted by atomic mass is 10.2. The van der Waals surface area contributed by atoms with Crippen LogP contribution in [0.25, 0.3) is 0 Å². The minimum absolute atomic E-state index is 0.00868. The molecule has 0 atom stereocenters. The molecule has 0 aliphatic carbocycles. The lowest BCUT2D eigenvalue weighted by Crippen LogP contribution is -2.06. The lowest BCUT2D eigenvalue weighted by Gasteiger charge is -2.09. The van der Waals surface area contributed by atoms with E-state index < -0.39 is 0 Å². The number of ketones is 1. The molecule has 2 aromatic rings. The molecule has 4 nitrogen and oxygen atoms in total. The van der Waals surface area contributed by atoms with Crippen molar-refractivity contribution >= 4 is 17.5 Å². The molecule has 0 saturated heterocycles. The second-order valence-electron chi connectivity index (χ2n) is 4.86. The number of benzene rings is 1. The predicted octanol–water partition coefficient (Wildman–Crippen LogP) is 3.08. The summed E-state index contributed by atoms with van der Waals surface area (Å²) in [6, 6.07) is 7.76. The standard InChI is InChI=1S/C16H18N2O2S/c1-10-15(11(2)20)16(18-12(3)17-10)21-9-14-6-4-13(8-19)5-7-14/h4-7,19H,8-9H2,1-3H3. The van der Waals surface area contributed by atoms with Crippen LogP contribution in [0.1, 0.15) is 39.9 Å². The van der Waals surface area contributed by atoms with Crippen molar-refractivity contribution < 1.29 is 9.90 Å². The molecule has 0 aliphatic heterocycles. The van der Waals surface area contributed by atoms with Gasteiger partial charge >= 0.3 is 0 Å². The number of aryl methyl sites for hydroxylation is 2. The Morgan fingerprint density at radius 3 is 2.33 bits per heavy atom. The molecule has 1 aromatic heterocycles. The number of aromatic nitrogens is 2. The first kappa shape index (κ1) is 15.7. The molecule has 5 heteroatoms. The van der Waals surface area contributed by atoms with Gasteiger partial charge in [0.15, 0.2) is 5.78 Å². The molecular weight excluding hydrogens is 284 g/mol. The fourth-order valence-electron chi connectivity index (χ4n) is 2.08. The molecular formula is C16H18N2O2S. The lowest BCUT2D eigenvalue weighted by molar-refractivity contribution is 0.101. The molecule has 0 amide bonds. The maximum atomic E-state index is 11.8. The van der Waals surface area contributed by atoms with Gasteiger partial charge in [-0.1, -0.05) is 24.3 Å². The Labute approximate surface area is 128 Å². The van der Waals surface area contributed by atoms with Crippen LogP contribution in [0, 0.1) is 13.8 Å². The number of carbonyl (C=O) groups is 1. The van der Waals surface area contributed by atoms with E-state index in [1.807, 2.05) is 38.1 Å². The Hall–Kier alpha value is -1.72. The van der Waals surface area contributed by atoms with Crippen molar-refractivity contribution in [1.82, 2.24) is 9.97 Å². The normalized spacial score (nSPS) is 10.7. The number of nitrogens with zero attached hydrogens (tertiary/aromatic N) is 2. The maximum Gasteiger partial charge on any atom is 0.164 e. The molecule has 1 heterocycles. The molecule has 0 unspecified atom stereocenters. The Bertz CT molecular complexity index is 654. The summed E-state index contributed by atoms with van der Waals surface area (Å²) < 4.78 is 0. The van der Waals surface area contributed by atoms with Crippen molar-refractivity contribution in [3.63, 3.8) is 0 Å². The number of thioether (sulfide) groups is 1. The Morgan fingerprint density at radius 1 is 1.14 bits per heavy atom. The molecule has 0 fully saturated rings. The van der Waals surface area contributed by atoms with Crippen molar-refractivity contribution in [3.8, 4) is 0 Å². The van der Waals surface area contributed by atoms with Gasteiger partial charge in [-0.2, -0.15) is 0 Å². The van der Waals surface area contributed by atoms with Crippen molar-refractivity contribution in [2.45, 2.75) is 38.2 Å². The number of aliphatic hydroxyl groups is 1. The van der Waals surface area contributed by atoms with Crippen LogP contribution >= 0.6 is 11.8 Å². The van der Waals surface area contributed by atoms with Gasteiger partial charge in [0.05, 0.1) is 17.9 Å². The van der Waals surface area contributed by atoms with Gasteiger partial charge in [0.2, 0.25) is 0 Å². The highest BCUT2D eigenvalue weighted by Gasteiger charge is 2.14. The third-order valence-corrected chi connectivity index (χ3v) is 4.15. The second-order valence-corrected chi connectivity index (χ2v) is 5.82. The van der Waals surface area contributed by atoms with Gasteiger partial charge in [0.1, 0.15) is 10.9 Å². The van der Waals surface area contributed by atoms with E-state index in [2.05, 4.69) is 9.97 Å². The summed E-state index contributed by atoms with van der Waals surface area (Å²) in [6.07, 6.45) is 0. The van der Waals surface area contributed by atoms with Crippen LogP contribution in [0.5, 0.6) is 0 Å². The first-order valence-corrected chi connectivity index (χ1v) is 7.67. The van der Waals surface area contributed by atoms with Gasteiger partial charge in [-0.05, 0) is 31.9 Å². The molecule has 0 aliphatic rings. The molecule has 21 heavy (non-hydrogen) atoms. The molecule has 1 N–H and O–H groups in total. The van der Waals surface area contributed by atoms with E-state index in [4.69, 9.17) is 5.11 Å². The third kappa shape index (κ3) is 3.89. The van der Waals surface area contributed by atoms with Crippen LogP contribution in [0.3, 0.4) is 0 Å². The van der Waals surface area contributed by atoms with Gasteiger partial charge in [-0.15, -0.1) is 11.8 Å². The maximum absolute atomic E-state index is 11.8. The van der Waals surface area contributed by atoms with Crippen molar-refractivity contribution in [2.75, 3.05) is 0 Å². The number of hydrogen-bond donors (Lipinski definition) is 1. The van der Waals surface area contributed by atoms with E-state index in [9.17, 15) is 4.79 Å². The summed E-state index contributed by atoms with van der Waals surface area (Å²) in [6.45, 7) is 5.26. The van der Waals surface area contributed by atoms with Crippen molar-refractivity contribution in [3.05, 3.63) is 52.5 Å². The summed E-state index contributed by atoms with van der Waals surface area (Å²) >= 11 is 1.54. The summed E-state index contributed by atoms with van der Waals surface area (Å²) in [4.78, 5) is 20.4. The number of carbonyl (C=O) groups excluding carboxylic acids is 1. The number of hydrogen-bond acceptors (Lipinski definition) is 5. The molecule has 0 spiro atoms. The van der Waals surface area contributed by atoms with E-state index in [1.165, 1.54) is 11.8 Å². The fraction of sp³-hybridized carbons (Fsp3) is 0.312. The number of rotatable bonds is 5. The fourth-order valence-corrected chi connectivity index (χ4v) is 3.21. The first-order valence-electron chi connectivity index (χ1n) is 6.69. The minimum Gasteiger partial charge on any atom is -0.392 e. The Balaban J connectivity index is 2.20. The zero-order valence-electron chi connectivity index (χ0n) is 12.4. The van der Waals surface area contributed by atoms with Crippen molar-refractivity contribution in [1.29, 1.82) is 0 Å². The van der Waals surface area contributed by atoms with Crippen LogP contribution in [0.2, 0.25) is 0 Å². The monoisotopic (exact) mass is 302 g/mol. The first-order chi connectivity index (χ1) is 10.0. The van der Waals surface area contributed by atoms with E-state index in [-0.39, 0.29) is 12.4 Å². The minimum atomic E-state index is -0.00868. The Kier molecular flexibility index (Phi) is 5.09. The third-order valence-electron chi connectivity index (χ3n) is 3.10. The van der Waals surface area contributed by atoms with Gasteiger partial charge in [0.25, 0.3) is 0 Å². The van der Waals surface area contributed by atoms with Crippen LogP contribution in [-0.4, -0.2) is 20.9 Å². The largest absolute Gasteiger partial charge is 0.392 e. The topological polar surface area (TPSA) is 63.1 Å². The quantitative estimate of drug-likeness (QED) is 0.522. The second kappa shape index (κ2) is 6.83. The average molecular weight is 302 g/mol. The molecule has 110 valence electrons. The van der Waals surface area contributed by atoms with E-state index >= 15 is 0 Å². The number of Topliss-reactive ketones (excluding diaryl/α,β-unsaturated/α-hetero) is 1. The summed E-state index contributed by atoms with van der Waals surface area (Å²) in [5, 5.41) is 9.77. The zero-order chi connectivity index (χ0) is 15.4. The molecule has 1 aromatic carbocycles. The van der Waals surface area contributed by atoms with Gasteiger partial charge in [-0.25, -0.2) is 9.97 Å².